The summed E-state index contributed by atoms with van der Waals surface area (Å²) in [5, 5.41) is 11.3. The first-order chi connectivity index (χ1) is 15.4. The molecule has 0 saturated carbocycles. The van der Waals surface area contributed by atoms with Gasteiger partial charge in [0, 0.05) is 12.1 Å². The Labute approximate surface area is 187 Å². The fraction of sp³-hybridized carbons (Fsp3) is 0.185. The quantitative estimate of drug-likeness (QED) is 0.356. The van der Waals surface area contributed by atoms with Crippen molar-refractivity contribution in [2.24, 2.45) is 0 Å². The van der Waals surface area contributed by atoms with Crippen LogP contribution in [0.5, 0.6) is 5.75 Å². The summed E-state index contributed by atoms with van der Waals surface area (Å²) in [6.07, 6.45) is 0. The summed E-state index contributed by atoms with van der Waals surface area (Å²) in [6, 6.07) is 21.7. The molecule has 0 spiro atoms. The van der Waals surface area contributed by atoms with Gasteiger partial charge in [-0.05, 0) is 48.7 Å². The topological polar surface area (TPSA) is 66.8 Å². The van der Waals surface area contributed by atoms with E-state index in [1.807, 2.05) is 74.5 Å². The third-order valence-electron chi connectivity index (χ3n) is 5.82. The Morgan fingerprint density at radius 2 is 1.66 bits per heavy atom. The number of rotatable bonds is 5. The highest BCUT2D eigenvalue weighted by atomic mass is 16.5. The molecule has 1 unspecified atom stereocenters. The van der Waals surface area contributed by atoms with Gasteiger partial charge in [-0.25, -0.2) is 0 Å². The second-order valence-electron chi connectivity index (χ2n) is 8.00. The number of Topliss-reactive ketones (excluding diaryl/α,β-unsaturated/α-hetero) is 1. The first-order valence-electron chi connectivity index (χ1n) is 10.4. The van der Waals surface area contributed by atoms with E-state index < -0.39 is 17.7 Å². The number of aliphatic hydroxyl groups is 1. The molecule has 5 heteroatoms. The van der Waals surface area contributed by atoms with Gasteiger partial charge in [-0.1, -0.05) is 60.2 Å². The van der Waals surface area contributed by atoms with Gasteiger partial charge >= 0.3 is 0 Å². The number of hydrogen-bond acceptors (Lipinski definition) is 4. The van der Waals surface area contributed by atoms with Crippen molar-refractivity contribution in [3.05, 3.63) is 106 Å². The highest BCUT2D eigenvalue weighted by Crippen LogP contribution is 2.41. The van der Waals surface area contributed by atoms with Crippen molar-refractivity contribution >= 4 is 17.4 Å². The normalized spacial score (nSPS) is 17.6. The monoisotopic (exact) mass is 427 g/mol. The first kappa shape index (κ1) is 21.4. The Balaban J connectivity index is 1.89. The van der Waals surface area contributed by atoms with Gasteiger partial charge in [-0.15, -0.1) is 0 Å². The summed E-state index contributed by atoms with van der Waals surface area (Å²) in [5.74, 6) is -0.786. The minimum atomic E-state index is -0.707. The molecule has 1 aliphatic heterocycles. The number of benzene rings is 3. The van der Waals surface area contributed by atoms with Crippen LogP contribution < -0.4 is 4.74 Å². The standard InChI is InChI=1S/C27H25NO4/c1-17-9-10-18(2)22(15-17)25(29)23-24(20-11-13-21(32-3)14-12-20)28(27(31)26(23)30)16-19-7-5-4-6-8-19/h4-15,24,29H,16H2,1-3H3/b25-23+. The largest absolute Gasteiger partial charge is 0.507 e. The van der Waals surface area contributed by atoms with Gasteiger partial charge in [0.25, 0.3) is 11.7 Å². The first-order valence-corrected chi connectivity index (χ1v) is 10.4. The lowest BCUT2D eigenvalue weighted by Crippen LogP contribution is -2.29. The predicted octanol–water partition coefficient (Wildman–Crippen LogP) is 4.93. The lowest BCUT2D eigenvalue weighted by molar-refractivity contribution is -0.140. The zero-order chi connectivity index (χ0) is 22.8. The average molecular weight is 428 g/mol. The van der Waals surface area contributed by atoms with Crippen LogP contribution >= 0.6 is 0 Å². The van der Waals surface area contributed by atoms with Gasteiger partial charge in [0.1, 0.15) is 11.5 Å². The molecule has 162 valence electrons. The average Bonchev–Trinajstić information content (AvgIpc) is 3.06. The lowest BCUT2D eigenvalue weighted by Gasteiger charge is -2.25. The van der Waals surface area contributed by atoms with E-state index in [-0.39, 0.29) is 17.9 Å². The molecule has 0 aromatic heterocycles. The molecule has 3 aromatic rings. The predicted molar refractivity (Wildman–Crippen MR) is 123 cm³/mol. The molecular weight excluding hydrogens is 402 g/mol. The molecule has 3 aromatic carbocycles. The molecule has 1 N–H and O–H groups in total. The summed E-state index contributed by atoms with van der Waals surface area (Å²) >= 11 is 0. The number of carbonyl (C=O) groups excluding carboxylic acids is 2. The number of aryl methyl sites for hydroxylation is 2. The van der Waals surface area contributed by atoms with Crippen LogP contribution in [0.1, 0.15) is 33.9 Å². The van der Waals surface area contributed by atoms with Crippen molar-refractivity contribution < 1.29 is 19.4 Å². The van der Waals surface area contributed by atoms with Crippen LogP contribution in [-0.2, 0) is 16.1 Å². The Hall–Kier alpha value is -3.86. The van der Waals surface area contributed by atoms with E-state index in [9.17, 15) is 14.7 Å². The van der Waals surface area contributed by atoms with Crippen molar-refractivity contribution in [3.63, 3.8) is 0 Å². The SMILES string of the molecule is COc1ccc(C2/C(=C(\O)c3cc(C)ccc3C)C(=O)C(=O)N2Cc2ccccc2)cc1. The van der Waals surface area contributed by atoms with Gasteiger partial charge in [-0.3, -0.25) is 9.59 Å². The van der Waals surface area contributed by atoms with E-state index in [4.69, 9.17) is 4.74 Å². The number of carbonyl (C=O) groups is 2. The Morgan fingerprint density at radius 3 is 2.31 bits per heavy atom. The van der Waals surface area contributed by atoms with Crippen molar-refractivity contribution in [2.75, 3.05) is 7.11 Å². The van der Waals surface area contributed by atoms with Gasteiger partial charge in [0.15, 0.2) is 0 Å². The van der Waals surface area contributed by atoms with Gasteiger partial charge in [0.2, 0.25) is 0 Å². The van der Waals surface area contributed by atoms with Crippen LogP contribution in [-0.4, -0.2) is 28.8 Å². The maximum absolute atomic E-state index is 13.2. The fourth-order valence-corrected chi connectivity index (χ4v) is 4.09. The maximum atomic E-state index is 13.2. The van der Waals surface area contributed by atoms with Crippen molar-refractivity contribution in [3.8, 4) is 5.75 Å². The number of amides is 1. The minimum absolute atomic E-state index is 0.102. The van der Waals surface area contributed by atoms with Crippen LogP contribution in [0.4, 0.5) is 0 Å². The van der Waals surface area contributed by atoms with Crippen LogP contribution in [0.2, 0.25) is 0 Å². The summed E-state index contributed by atoms with van der Waals surface area (Å²) in [5.41, 5.74) is 4.07. The summed E-state index contributed by atoms with van der Waals surface area (Å²) in [7, 11) is 1.58. The third kappa shape index (κ3) is 3.89. The second kappa shape index (κ2) is 8.71. The zero-order valence-electron chi connectivity index (χ0n) is 18.3. The summed E-state index contributed by atoms with van der Waals surface area (Å²) < 4.78 is 5.26. The van der Waals surface area contributed by atoms with Gasteiger partial charge in [0.05, 0.1) is 18.7 Å². The van der Waals surface area contributed by atoms with Crippen LogP contribution in [0.15, 0.2) is 78.4 Å². The molecule has 0 aliphatic carbocycles. The molecule has 32 heavy (non-hydrogen) atoms. The molecular formula is C27H25NO4. The summed E-state index contributed by atoms with van der Waals surface area (Å²) in [4.78, 5) is 27.8. The smallest absolute Gasteiger partial charge is 0.295 e. The zero-order valence-corrected chi connectivity index (χ0v) is 18.3. The number of ether oxygens (including phenoxy) is 1. The van der Waals surface area contributed by atoms with E-state index in [0.717, 1.165) is 22.3 Å². The van der Waals surface area contributed by atoms with E-state index in [1.54, 1.807) is 19.2 Å². The second-order valence-corrected chi connectivity index (χ2v) is 8.00. The number of ketones is 1. The van der Waals surface area contributed by atoms with Crippen molar-refractivity contribution in [1.82, 2.24) is 4.90 Å². The van der Waals surface area contributed by atoms with E-state index in [0.29, 0.717) is 11.3 Å². The molecule has 1 atom stereocenters. The number of methoxy groups -OCH3 is 1. The van der Waals surface area contributed by atoms with E-state index >= 15 is 0 Å². The van der Waals surface area contributed by atoms with E-state index in [1.165, 1.54) is 4.90 Å². The number of likely N-dealkylation sites (tertiary alicyclic amines) is 1. The van der Waals surface area contributed by atoms with Crippen LogP contribution in [0, 0.1) is 13.8 Å². The van der Waals surface area contributed by atoms with Crippen molar-refractivity contribution in [2.45, 2.75) is 26.4 Å². The number of aliphatic hydroxyl groups excluding tert-OH is 1. The highest BCUT2D eigenvalue weighted by molar-refractivity contribution is 6.46. The molecule has 1 saturated heterocycles. The Morgan fingerprint density at radius 1 is 0.969 bits per heavy atom. The fourth-order valence-electron chi connectivity index (χ4n) is 4.09. The maximum Gasteiger partial charge on any atom is 0.295 e. The molecule has 4 rings (SSSR count). The Kier molecular flexibility index (Phi) is 5.82. The van der Waals surface area contributed by atoms with Gasteiger partial charge in [-0.2, -0.15) is 0 Å². The number of nitrogens with zero attached hydrogens (tertiary/aromatic N) is 1. The summed E-state index contributed by atoms with van der Waals surface area (Å²) in [6.45, 7) is 4.05. The molecule has 1 fully saturated rings. The molecule has 1 aliphatic rings. The molecule has 0 radical (unpaired) electrons. The number of hydrogen-bond donors (Lipinski definition) is 1. The third-order valence-corrected chi connectivity index (χ3v) is 5.82. The lowest BCUT2D eigenvalue weighted by atomic mass is 9.93. The molecule has 0 bridgehead atoms. The molecule has 1 heterocycles. The van der Waals surface area contributed by atoms with Gasteiger partial charge < -0.3 is 14.7 Å². The van der Waals surface area contributed by atoms with Crippen LogP contribution in [0.3, 0.4) is 0 Å². The highest BCUT2D eigenvalue weighted by Gasteiger charge is 2.46. The van der Waals surface area contributed by atoms with Crippen LogP contribution in [0.25, 0.3) is 5.76 Å². The molecule has 1 amide bonds. The van der Waals surface area contributed by atoms with E-state index in [2.05, 4.69) is 0 Å². The Bertz CT molecular complexity index is 1200. The molecule has 5 nitrogen and oxygen atoms in total. The van der Waals surface area contributed by atoms with Crippen molar-refractivity contribution in [1.29, 1.82) is 0 Å². The minimum Gasteiger partial charge on any atom is -0.507 e.